The van der Waals surface area contributed by atoms with Crippen molar-refractivity contribution >= 4 is 5.95 Å². The zero-order chi connectivity index (χ0) is 13.9. The summed E-state index contributed by atoms with van der Waals surface area (Å²) >= 11 is 0. The first-order valence-electron chi connectivity index (χ1n) is 5.61. The van der Waals surface area contributed by atoms with Crippen molar-refractivity contribution in [1.29, 1.82) is 5.26 Å². The Labute approximate surface area is 113 Å². The molecule has 2 N–H and O–H groups in total. The number of nitrogen functional groups attached to an aromatic ring is 1. The molecule has 20 heavy (non-hydrogen) atoms. The van der Waals surface area contributed by atoms with Crippen LogP contribution in [0.2, 0.25) is 0 Å². The largest absolute Gasteiger partial charge is 0.368 e. The Bertz CT molecular complexity index is 787. The van der Waals surface area contributed by atoms with Gasteiger partial charge in [-0.1, -0.05) is 0 Å². The molecule has 0 unspecified atom stereocenters. The second-order valence-corrected chi connectivity index (χ2v) is 3.86. The minimum Gasteiger partial charge on any atom is -0.368 e. The zero-order valence-electron chi connectivity index (χ0n) is 10.2. The lowest BCUT2D eigenvalue weighted by atomic mass is 10.2. The van der Waals surface area contributed by atoms with Crippen LogP contribution in [-0.4, -0.2) is 29.5 Å². The van der Waals surface area contributed by atoms with Crippen LogP contribution in [0.25, 0.3) is 17.3 Å². The maximum atomic E-state index is 8.89. The average Bonchev–Trinajstić information content (AvgIpc) is 3.01. The van der Waals surface area contributed by atoms with Crippen molar-refractivity contribution in [2.24, 2.45) is 0 Å². The Kier molecular flexibility index (Phi) is 2.78. The summed E-state index contributed by atoms with van der Waals surface area (Å²) in [5, 5.41) is 8.89. The molecule has 3 rings (SSSR count). The van der Waals surface area contributed by atoms with Gasteiger partial charge >= 0.3 is 0 Å². The minimum absolute atomic E-state index is 0.0843. The monoisotopic (exact) mass is 264 g/mol. The first-order valence-corrected chi connectivity index (χ1v) is 5.61. The summed E-state index contributed by atoms with van der Waals surface area (Å²) in [6.07, 6.45) is 7.89. The van der Waals surface area contributed by atoms with E-state index in [9.17, 15) is 0 Å². The summed E-state index contributed by atoms with van der Waals surface area (Å²) in [4.78, 5) is 20.3. The predicted molar refractivity (Wildman–Crippen MR) is 69.3 cm³/mol. The lowest BCUT2D eigenvalue weighted by Crippen LogP contribution is -2.06. The normalized spacial score (nSPS) is 10.2. The zero-order valence-corrected chi connectivity index (χ0v) is 10.2. The van der Waals surface area contributed by atoms with Crippen molar-refractivity contribution in [2.75, 3.05) is 5.73 Å². The Hall–Kier alpha value is -3.34. The molecule has 3 aromatic rings. The van der Waals surface area contributed by atoms with Crippen molar-refractivity contribution in [1.82, 2.24) is 29.5 Å². The van der Waals surface area contributed by atoms with Gasteiger partial charge in [0.1, 0.15) is 12.4 Å². The van der Waals surface area contributed by atoms with Crippen molar-refractivity contribution in [3.05, 3.63) is 42.7 Å². The van der Waals surface area contributed by atoms with E-state index in [1.165, 1.54) is 6.20 Å². The van der Waals surface area contributed by atoms with E-state index >= 15 is 0 Å². The molecule has 0 spiro atoms. The molecule has 0 aromatic carbocycles. The second-order valence-electron chi connectivity index (χ2n) is 3.86. The molecule has 0 atom stereocenters. The smallest absolute Gasteiger partial charge is 0.240 e. The number of anilines is 1. The van der Waals surface area contributed by atoms with E-state index in [2.05, 4.69) is 24.9 Å². The number of hydrogen-bond donors (Lipinski definition) is 1. The standard InChI is InChI=1S/C12H8N8/c13-4-8-3-9(6-16-5-8)10-17-11(14)19-12(18-10)20-2-1-15-7-20/h1-3,5-7H,(H2,14,17,18,19). The fraction of sp³-hybridized carbons (Fsp3) is 0. The second kappa shape index (κ2) is 4.74. The summed E-state index contributed by atoms with van der Waals surface area (Å²) in [6, 6.07) is 3.65. The third-order valence-corrected chi connectivity index (χ3v) is 2.50. The van der Waals surface area contributed by atoms with Crippen LogP contribution in [-0.2, 0) is 0 Å². The number of nitrogens with zero attached hydrogens (tertiary/aromatic N) is 7. The van der Waals surface area contributed by atoms with Gasteiger partial charge in [-0.15, -0.1) is 0 Å². The van der Waals surface area contributed by atoms with Crippen LogP contribution in [0.1, 0.15) is 5.56 Å². The van der Waals surface area contributed by atoms with Crippen LogP contribution in [0.15, 0.2) is 37.2 Å². The SMILES string of the molecule is N#Cc1cncc(-c2nc(N)nc(-n3ccnc3)n2)c1. The van der Waals surface area contributed by atoms with Crippen molar-refractivity contribution in [3.63, 3.8) is 0 Å². The first kappa shape index (κ1) is 11.7. The van der Waals surface area contributed by atoms with Gasteiger partial charge in [0.2, 0.25) is 11.9 Å². The van der Waals surface area contributed by atoms with E-state index in [1.54, 1.807) is 35.6 Å². The van der Waals surface area contributed by atoms with E-state index in [0.29, 0.717) is 22.9 Å². The molecule has 0 amide bonds. The van der Waals surface area contributed by atoms with E-state index in [4.69, 9.17) is 11.0 Å². The van der Waals surface area contributed by atoms with Gasteiger partial charge in [0, 0.05) is 30.4 Å². The maximum Gasteiger partial charge on any atom is 0.240 e. The third-order valence-electron chi connectivity index (χ3n) is 2.50. The number of nitrogens with two attached hydrogens (primary N) is 1. The summed E-state index contributed by atoms with van der Waals surface area (Å²) in [5.74, 6) is 0.791. The molecule has 0 radical (unpaired) electrons. The van der Waals surface area contributed by atoms with E-state index in [-0.39, 0.29) is 5.95 Å². The average molecular weight is 264 g/mol. The van der Waals surface area contributed by atoms with Gasteiger partial charge < -0.3 is 5.73 Å². The highest BCUT2D eigenvalue weighted by Crippen LogP contribution is 2.16. The topological polar surface area (TPSA) is 119 Å². The highest BCUT2D eigenvalue weighted by atomic mass is 15.2. The molecule has 96 valence electrons. The number of pyridine rings is 1. The first-order chi connectivity index (χ1) is 9.76. The molecule has 0 aliphatic rings. The lowest BCUT2D eigenvalue weighted by molar-refractivity contribution is 0.906. The molecule has 0 fully saturated rings. The molecule has 0 saturated heterocycles. The Morgan fingerprint density at radius 3 is 2.80 bits per heavy atom. The van der Waals surface area contributed by atoms with Crippen LogP contribution in [0, 0.1) is 11.3 Å². The van der Waals surface area contributed by atoms with Crippen LogP contribution >= 0.6 is 0 Å². The van der Waals surface area contributed by atoms with Gasteiger partial charge in [-0.25, -0.2) is 4.98 Å². The molecule has 3 aromatic heterocycles. The number of imidazole rings is 1. The predicted octanol–water partition coefficient (Wildman–Crippen LogP) is 0.573. The van der Waals surface area contributed by atoms with Gasteiger partial charge in [0.15, 0.2) is 5.82 Å². The van der Waals surface area contributed by atoms with Crippen molar-refractivity contribution in [2.45, 2.75) is 0 Å². The Morgan fingerprint density at radius 1 is 1.15 bits per heavy atom. The van der Waals surface area contributed by atoms with Crippen LogP contribution < -0.4 is 5.73 Å². The molecule has 0 aliphatic carbocycles. The number of hydrogen-bond acceptors (Lipinski definition) is 7. The van der Waals surface area contributed by atoms with Crippen LogP contribution in [0.3, 0.4) is 0 Å². The molecule has 0 saturated carbocycles. The summed E-state index contributed by atoms with van der Waals surface area (Å²) in [5.41, 5.74) is 6.71. The molecule has 8 nitrogen and oxygen atoms in total. The molecule has 8 heteroatoms. The Balaban J connectivity index is 2.12. The highest BCUT2D eigenvalue weighted by molar-refractivity contribution is 5.57. The molecular weight excluding hydrogens is 256 g/mol. The number of rotatable bonds is 2. The van der Waals surface area contributed by atoms with Gasteiger partial charge in [-0.3, -0.25) is 9.55 Å². The van der Waals surface area contributed by atoms with Gasteiger partial charge in [0.05, 0.1) is 5.56 Å². The van der Waals surface area contributed by atoms with Gasteiger partial charge in [-0.2, -0.15) is 20.2 Å². The fourth-order valence-corrected chi connectivity index (χ4v) is 1.63. The minimum atomic E-state index is 0.0843. The van der Waals surface area contributed by atoms with E-state index < -0.39 is 0 Å². The fourth-order valence-electron chi connectivity index (χ4n) is 1.63. The van der Waals surface area contributed by atoms with E-state index in [0.717, 1.165) is 0 Å². The molecule has 0 aliphatic heterocycles. The summed E-state index contributed by atoms with van der Waals surface area (Å²) < 4.78 is 1.61. The summed E-state index contributed by atoms with van der Waals surface area (Å²) in [6.45, 7) is 0. The van der Waals surface area contributed by atoms with E-state index in [1.807, 2.05) is 6.07 Å². The van der Waals surface area contributed by atoms with Gasteiger partial charge in [-0.05, 0) is 6.07 Å². The van der Waals surface area contributed by atoms with Crippen molar-refractivity contribution < 1.29 is 0 Å². The maximum absolute atomic E-state index is 8.89. The molecule has 3 heterocycles. The lowest BCUT2D eigenvalue weighted by Gasteiger charge is -2.05. The third kappa shape index (κ3) is 2.15. The van der Waals surface area contributed by atoms with Crippen LogP contribution in [0.5, 0.6) is 0 Å². The summed E-state index contributed by atoms with van der Waals surface area (Å²) in [7, 11) is 0. The highest BCUT2D eigenvalue weighted by Gasteiger charge is 2.09. The Morgan fingerprint density at radius 2 is 2.05 bits per heavy atom. The quantitative estimate of drug-likeness (QED) is 0.718. The number of aromatic nitrogens is 6. The van der Waals surface area contributed by atoms with Gasteiger partial charge in [0.25, 0.3) is 0 Å². The van der Waals surface area contributed by atoms with Crippen LogP contribution in [0.4, 0.5) is 5.95 Å². The number of nitriles is 1. The van der Waals surface area contributed by atoms with Crippen molar-refractivity contribution in [3.8, 4) is 23.4 Å². The molecule has 0 bridgehead atoms. The molecular formula is C12H8N8.